The van der Waals surface area contributed by atoms with Crippen molar-refractivity contribution in [2.45, 2.75) is 69.6 Å². The fourth-order valence-electron chi connectivity index (χ4n) is 3.28. The molecule has 2 amide bonds. The summed E-state index contributed by atoms with van der Waals surface area (Å²) < 4.78 is 5.85. The summed E-state index contributed by atoms with van der Waals surface area (Å²) in [4.78, 5) is 24.0. The summed E-state index contributed by atoms with van der Waals surface area (Å²) in [5.74, 6) is 0.919. The highest BCUT2D eigenvalue weighted by Gasteiger charge is 2.35. The second kappa shape index (κ2) is 7.62. The number of carbonyl (C=O) groups is 2. The smallest absolute Gasteiger partial charge is 0.223 e. The largest absolute Gasteiger partial charge is 0.394 e. The average molecular weight is 324 g/mol. The van der Waals surface area contributed by atoms with E-state index < -0.39 is 6.10 Å². The predicted molar refractivity (Wildman–Crippen MR) is 84.6 cm³/mol. The molecule has 2 saturated carbocycles. The lowest BCUT2D eigenvalue weighted by Gasteiger charge is -2.37. The Balaban J connectivity index is 1.41. The number of rotatable bonds is 7. The molecule has 0 aromatic rings. The Bertz CT molecular complexity index is 434. The van der Waals surface area contributed by atoms with Crippen LogP contribution in [0, 0.1) is 11.8 Å². The molecule has 6 heteroatoms. The number of carbonyl (C=O) groups excluding carboxylic acids is 2. The van der Waals surface area contributed by atoms with Gasteiger partial charge < -0.3 is 20.5 Å². The second-order valence-corrected chi connectivity index (χ2v) is 7.25. The molecule has 0 radical (unpaired) electrons. The van der Waals surface area contributed by atoms with Gasteiger partial charge in [-0.2, -0.15) is 0 Å². The molecular formula is C17H28N2O4. The van der Waals surface area contributed by atoms with Crippen molar-refractivity contribution in [3.63, 3.8) is 0 Å². The van der Waals surface area contributed by atoms with E-state index in [2.05, 4.69) is 10.6 Å². The van der Waals surface area contributed by atoms with Crippen LogP contribution in [0.2, 0.25) is 0 Å². The normalized spacial score (nSPS) is 31.3. The predicted octanol–water partition coefficient (Wildman–Crippen LogP) is 0.727. The Hall–Kier alpha value is -1.14. The first kappa shape index (κ1) is 16.7. The summed E-state index contributed by atoms with van der Waals surface area (Å²) >= 11 is 0. The molecule has 3 fully saturated rings. The fraction of sp³-hybridized carbons (Fsp3) is 0.882. The van der Waals surface area contributed by atoms with E-state index in [1.54, 1.807) is 0 Å². The molecule has 0 spiro atoms. The molecule has 3 atom stereocenters. The Labute approximate surface area is 137 Å². The van der Waals surface area contributed by atoms with E-state index in [0.29, 0.717) is 12.3 Å². The molecule has 0 aromatic carbocycles. The number of amides is 2. The minimum absolute atomic E-state index is 0.0237. The first-order valence-electron chi connectivity index (χ1n) is 8.99. The van der Waals surface area contributed by atoms with Crippen LogP contribution in [0.3, 0.4) is 0 Å². The topological polar surface area (TPSA) is 87.7 Å². The van der Waals surface area contributed by atoms with Gasteiger partial charge >= 0.3 is 0 Å². The van der Waals surface area contributed by atoms with E-state index >= 15 is 0 Å². The lowest BCUT2D eigenvalue weighted by atomic mass is 9.84. The number of nitrogens with one attached hydrogen (secondary N) is 2. The van der Waals surface area contributed by atoms with E-state index in [1.807, 2.05) is 0 Å². The number of hydrogen-bond acceptors (Lipinski definition) is 4. The maximum Gasteiger partial charge on any atom is 0.223 e. The first-order valence-corrected chi connectivity index (χ1v) is 8.99. The molecule has 3 N–H and O–H groups in total. The van der Waals surface area contributed by atoms with Crippen LogP contribution in [0.1, 0.15) is 51.4 Å². The molecule has 6 nitrogen and oxygen atoms in total. The first-order chi connectivity index (χ1) is 11.2. The van der Waals surface area contributed by atoms with E-state index in [-0.39, 0.29) is 36.5 Å². The number of aliphatic hydroxyl groups is 1. The zero-order valence-electron chi connectivity index (χ0n) is 13.6. The van der Waals surface area contributed by atoms with Gasteiger partial charge in [0.15, 0.2) is 0 Å². The van der Waals surface area contributed by atoms with Crippen LogP contribution in [0.15, 0.2) is 0 Å². The highest BCUT2D eigenvalue weighted by molar-refractivity contribution is 5.79. The monoisotopic (exact) mass is 324 g/mol. The molecule has 0 unspecified atom stereocenters. The third-order valence-corrected chi connectivity index (χ3v) is 5.30. The lowest BCUT2D eigenvalue weighted by molar-refractivity contribution is -0.138. The van der Waals surface area contributed by atoms with Gasteiger partial charge in [-0.25, -0.2) is 0 Å². The number of aliphatic hydroxyl groups excluding tert-OH is 1. The van der Waals surface area contributed by atoms with Crippen LogP contribution in [-0.4, -0.2) is 48.3 Å². The van der Waals surface area contributed by atoms with Crippen molar-refractivity contribution in [3.8, 4) is 0 Å². The van der Waals surface area contributed by atoms with E-state index in [4.69, 9.17) is 4.74 Å². The Kier molecular flexibility index (Phi) is 5.54. The second-order valence-electron chi connectivity index (χ2n) is 7.25. The van der Waals surface area contributed by atoms with Gasteiger partial charge in [0, 0.05) is 12.5 Å². The van der Waals surface area contributed by atoms with Gasteiger partial charge in [-0.1, -0.05) is 6.42 Å². The Morgan fingerprint density at radius 2 is 1.87 bits per heavy atom. The maximum absolute atomic E-state index is 12.1. The molecule has 3 rings (SSSR count). The average Bonchev–Trinajstić information content (AvgIpc) is 3.29. The maximum atomic E-state index is 12.1. The zero-order valence-corrected chi connectivity index (χ0v) is 13.6. The fourth-order valence-corrected chi connectivity index (χ4v) is 3.28. The van der Waals surface area contributed by atoms with E-state index in [9.17, 15) is 14.7 Å². The summed E-state index contributed by atoms with van der Waals surface area (Å²) in [5.41, 5.74) is 0. The molecule has 0 aromatic heterocycles. The molecule has 23 heavy (non-hydrogen) atoms. The third-order valence-electron chi connectivity index (χ3n) is 5.30. The van der Waals surface area contributed by atoms with Gasteiger partial charge in [0.25, 0.3) is 0 Å². The van der Waals surface area contributed by atoms with Crippen LogP contribution in [0.4, 0.5) is 0 Å². The van der Waals surface area contributed by atoms with Crippen molar-refractivity contribution in [1.29, 1.82) is 0 Å². The van der Waals surface area contributed by atoms with Crippen LogP contribution in [0.25, 0.3) is 0 Å². The quantitative estimate of drug-likeness (QED) is 0.644. The lowest BCUT2D eigenvalue weighted by Crippen LogP contribution is -2.53. The molecular weight excluding hydrogens is 296 g/mol. The van der Waals surface area contributed by atoms with E-state index in [0.717, 1.165) is 38.6 Å². The summed E-state index contributed by atoms with van der Waals surface area (Å²) in [5, 5.41) is 15.5. The standard InChI is InChI=1S/C17H28N2O4/c20-10-15-14(19-17(22)12-2-1-3-12)7-6-13(23-15)8-16(21)18-9-11-4-5-11/h11-15,20H,1-10H2,(H,18,21)(H,19,22)/t13-,14+,15+/m0/s1. The number of hydrogen-bond donors (Lipinski definition) is 3. The van der Waals surface area contributed by atoms with Gasteiger partial charge in [0.2, 0.25) is 11.8 Å². The highest BCUT2D eigenvalue weighted by atomic mass is 16.5. The van der Waals surface area contributed by atoms with Crippen LogP contribution < -0.4 is 10.6 Å². The van der Waals surface area contributed by atoms with Gasteiger partial charge in [0.05, 0.1) is 25.2 Å². The van der Waals surface area contributed by atoms with Crippen molar-refractivity contribution in [2.75, 3.05) is 13.2 Å². The minimum atomic E-state index is -0.408. The van der Waals surface area contributed by atoms with Crippen LogP contribution in [-0.2, 0) is 14.3 Å². The molecule has 0 bridgehead atoms. The summed E-state index contributed by atoms with van der Waals surface area (Å²) in [6.45, 7) is 0.644. The van der Waals surface area contributed by atoms with Crippen molar-refractivity contribution >= 4 is 11.8 Å². The highest BCUT2D eigenvalue weighted by Crippen LogP contribution is 2.29. The molecule has 1 aliphatic heterocycles. The third kappa shape index (κ3) is 4.67. The van der Waals surface area contributed by atoms with Crippen LogP contribution in [0.5, 0.6) is 0 Å². The molecule has 2 aliphatic carbocycles. The summed E-state index contributed by atoms with van der Waals surface area (Å²) in [6, 6.07) is -0.140. The molecule has 1 saturated heterocycles. The van der Waals surface area contributed by atoms with E-state index in [1.165, 1.54) is 12.8 Å². The molecule has 3 aliphatic rings. The molecule has 130 valence electrons. The summed E-state index contributed by atoms with van der Waals surface area (Å²) in [7, 11) is 0. The van der Waals surface area contributed by atoms with Gasteiger partial charge in [0.1, 0.15) is 6.10 Å². The van der Waals surface area contributed by atoms with Crippen molar-refractivity contribution in [3.05, 3.63) is 0 Å². The Morgan fingerprint density at radius 3 is 2.48 bits per heavy atom. The van der Waals surface area contributed by atoms with Gasteiger partial charge in [-0.3, -0.25) is 9.59 Å². The van der Waals surface area contributed by atoms with Crippen LogP contribution >= 0.6 is 0 Å². The van der Waals surface area contributed by atoms with Gasteiger partial charge in [-0.05, 0) is 44.4 Å². The summed E-state index contributed by atoms with van der Waals surface area (Å²) in [6.07, 6.45) is 6.75. The zero-order chi connectivity index (χ0) is 16.2. The molecule has 1 heterocycles. The van der Waals surface area contributed by atoms with Gasteiger partial charge in [-0.15, -0.1) is 0 Å². The van der Waals surface area contributed by atoms with Crippen molar-refractivity contribution < 1.29 is 19.4 Å². The van der Waals surface area contributed by atoms with Crippen molar-refractivity contribution in [1.82, 2.24) is 10.6 Å². The SMILES string of the molecule is O=C(C[C@@H]1CC[C@@H](NC(=O)C2CCC2)[C@@H](CO)O1)NCC1CC1. The minimum Gasteiger partial charge on any atom is -0.394 e. The Morgan fingerprint density at radius 1 is 1.09 bits per heavy atom. The number of ether oxygens (including phenoxy) is 1. The van der Waals surface area contributed by atoms with Crippen molar-refractivity contribution in [2.24, 2.45) is 11.8 Å².